The number of rotatable bonds is 19. The van der Waals surface area contributed by atoms with Gasteiger partial charge in [-0.2, -0.15) is 0 Å². The highest BCUT2D eigenvalue weighted by Gasteiger charge is 2.00. The fourth-order valence-electron chi connectivity index (χ4n) is 2.69. The van der Waals surface area contributed by atoms with Crippen LogP contribution < -0.4 is 11.1 Å². The zero-order valence-corrected chi connectivity index (χ0v) is 15.8. The van der Waals surface area contributed by atoms with Gasteiger partial charge in [0.2, 0.25) is 11.8 Å². The van der Waals surface area contributed by atoms with Crippen LogP contribution in [-0.4, -0.2) is 43.3 Å². The molecule has 0 unspecified atom stereocenters. The number of aliphatic hydroxyl groups excluding tert-OH is 1. The molecule has 0 rings (SSSR count). The molecular formula is C19H38N2O4. The zero-order valence-electron chi connectivity index (χ0n) is 15.8. The Bertz CT molecular complexity index is 325. The number of nitrogens with two attached hydrogens (primary N) is 1. The number of unbranched alkanes of at least 4 members (excludes halogenated alkanes) is 10. The Labute approximate surface area is 152 Å². The Morgan fingerprint density at radius 2 is 1.24 bits per heavy atom. The highest BCUT2D eigenvalue weighted by molar-refractivity contribution is 5.75. The summed E-state index contributed by atoms with van der Waals surface area (Å²) in [5, 5.41) is 11.4. The van der Waals surface area contributed by atoms with Crippen molar-refractivity contribution in [3.8, 4) is 0 Å². The number of ether oxygens (including phenoxy) is 1. The maximum absolute atomic E-state index is 11.6. The van der Waals surface area contributed by atoms with E-state index in [1.165, 1.54) is 44.9 Å². The van der Waals surface area contributed by atoms with E-state index in [4.69, 9.17) is 15.6 Å². The summed E-state index contributed by atoms with van der Waals surface area (Å²) in [7, 11) is 0. The Balaban J connectivity index is 3.13. The zero-order chi connectivity index (χ0) is 18.6. The second kappa shape index (κ2) is 19.2. The first kappa shape index (κ1) is 23.9. The lowest BCUT2D eigenvalue weighted by Crippen LogP contribution is -2.27. The summed E-state index contributed by atoms with van der Waals surface area (Å²) in [6, 6.07) is 0. The van der Waals surface area contributed by atoms with Gasteiger partial charge in [-0.3, -0.25) is 9.59 Å². The molecule has 148 valence electrons. The largest absolute Gasteiger partial charge is 0.394 e. The lowest BCUT2D eigenvalue weighted by atomic mass is 10.0. The second-order valence-electron chi connectivity index (χ2n) is 6.54. The van der Waals surface area contributed by atoms with E-state index in [9.17, 15) is 9.59 Å². The number of hydrogen-bond acceptors (Lipinski definition) is 4. The van der Waals surface area contributed by atoms with E-state index >= 15 is 0 Å². The fourth-order valence-corrected chi connectivity index (χ4v) is 2.69. The third-order valence-electron chi connectivity index (χ3n) is 4.13. The van der Waals surface area contributed by atoms with E-state index < -0.39 is 0 Å². The number of carbonyl (C=O) groups excluding carboxylic acids is 2. The first-order chi connectivity index (χ1) is 12.2. The number of nitrogens with one attached hydrogen (secondary N) is 1. The van der Waals surface area contributed by atoms with Gasteiger partial charge in [-0.1, -0.05) is 57.8 Å². The monoisotopic (exact) mass is 358 g/mol. The number of primary amides is 1. The third-order valence-corrected chi connectivity index (χ3v) is 4.13. The Hall–Kier alpha value is -1.14. The van der Waals surface area contributed by atoms with Crippen LogP contribution in [0.3, 0.4) is 0 Å². The van der Waals surface area contributed by atoms with Gasteiger partial charge in [-0.25, -0.2) is 0 Å². The number of carbonyl (C=O) groups is 2. The maximum Gasteiger partial charge on any atom is 0.220 e. The van der Waals surface area contributed by atoms with Crippen LogP contribution in [0.5, 0.6) is 0 Å². The number of amides is 2. The van der Waals surface area contributed by atoms with Crippen LogP contribution in [0.2, 0.25) is 0 Å². The van der Waals surface area contributed by atoms with E-state index in [0.29, 0.717) is 32.6 Å². The first-order valence-electron chi connectivity index (χ1n) is 9.90. The van der Waals surface area contributed by atoms with Gasteiger partial charge >= 0.3 is 0 Å². The van der Waals surface area contributed by atoms with Crippen LogP contribution in [0.25, 0.3) is 0 Å². The SMILES string of the molecule is NC(=O)CCCCCCCCCCCCCC(=O)NCCOCCO. The van der Waals surface area contributed by atoms with Gasteiger partial charge in [0.15, 0.2) is 0 Å². The minimum Gasteiger partial charge on any atom is -0.394 e. The molecule has 0 heterocycles. The van der Waals surface area contributed by atoms with Gasteiger partial charge in [-0.15, -0.1) is 0 Å². The normalized spacial score (nSPS) is 10.8. The van der Waals surface area contributed by atoms with Gasteiger partial charge in [0.05, 0.1) is 19.8 Å². The summed E-state index contributed by atoms with van der Waals surface area (Å²) < 4.78 is 5.08. The highest BCUT2D eigenvalue weighted by Crippen LogP contribution is 2.12. The fraction of sp³-hybridized carbons (Fsp3) is 0.895. The van der Waals surface area contributed by atoms with Crippen LogP contribution in [0.1, 0.15) is 83.5 Å². The molecule has 0 atom stereocenters. The van der Waals surface area contributed by atoms with Crippen molar-refractivity contribution < 1.29 is 19.4 Å². The average molecular weight is 359 g/mol. The molecule has 0 bridgehead atoms. The summed E-state index contributed by atoms with van der Waals surface area (Å²) in [5.41, 5.74) is 5.10. The quantitative estimate of drug-likeness (QED) is 0.309. The molecule has 0 aliphatic heterocycles. The van der Waals surface area contributed by atoms with E-state index in [0.717, 1.165) is 25.7 Å². The molecule has 4 N–H and O–H groups in total. The van der Waals surface area contributed by atoms with Crippen molar-refractivity contribution in [3.05, 3.63) is 0 Å². The second-order valence-corrected chi connectivity index (χ2v) is 6.54. The smallest absolute Gasteiger partial charge is 0.220 e. The Kier molecular flexibility index (Phi) is 18.3. The van der Waals surface area contributed by atoms with Gasteiger partial charge < -0.3 is 20.9 Å². The first-order valence-corrected chi connectivity index (χ1v) is 9.90. The molecule has 6 nitrogen and oxygen atoms in total. The molecule has 6 heteroatoms. The molecule has 0 radical (unpaired) electrons. The predicted octanol–water partition coefficient (Wildman–Crippen LogP) is 2.67. The van der Waals surface area contributed by atoms with Crippen molar-refractivity contribution in [2.45, 2.75) is 83.5 Å². The average Bonchev–Trinajstić information content (AvgIpc) is 2.58. The lowest BCUT2D eigenvalue weighted by Gasteiger charge is -2.06. The highest BCUT2D eigenvalue weighted by atomic mass is 16.5. The van der Waals surface area contributed by atoms with Crippen LogP contribution in [0, 0.1) is 0 Å². The summed E-state index contributed by atoms with van der Waals surface area (Å²) in [6.45, 7) is 1.31. The van der Waals surface area contributed by atoms with Crippen LogP contribution in [0.15, 0.2) is 0 Å². The lowest BCUT2D eigenvalue weighted by molar-refractivity contribution is -0.121. The minimum absolute atomic E-state index is 0.0188. The van der Waals surface area contributed by atoms with Gasteiger partial charge in [-0.05, 0) is 12.8 Å². The van der Waals surface area contributed by atoms with Gasteiger partial charge in [0, 0.05) is 19.4 Å². The minimum atomic E-state index is -0.190. The summed E-state index contributed by atoms with van der Waals surface area (Å²) in [5.74, 6) is -0.103. The van der Waals surface area contributed by atoms with Crippen LogP contribution in [0.4, 0.5) is 0 Å². The van der Waals surface area contributed by atoms with Crippen molar-refractivity contribution in [1.82, 2.24) is 5.32 Å². The third kappa shape index (κ3) is 20.8. The molecule has 0 aromatic heterocycles. The van der Waals surface area contributed by atoms with Crippen molar-refractivity contribution in [2.75, 3.05) is 26.4 Å². The molecule has 2 amide bonds. The number of aliphatic hydroxyl groups is 1. The van der Waals surface area contributed by atoms with E-state index in [2.05, 4.69) is 5.32 Å². The molecule has 0 saturated heterocycles. The maximum atomic E-state index is 11.6. The van der Waals surface area contributed by atoms with Crippen LogP contribution >= 0.6 is 0 Å². The topological polar surface area (TPSA) is 102 Å². The predicted molar refractivity (Wildman–Crippen MR) is 100 cm³/mol. The Morgan fingerprint density at radius 1 is 0.760 bits per heavy atom. The molecule has 0 aliphatic rings. The standard InChI is InChI=1S/C19H38N2O4/c20-18(23)12-10-8-6-4-2-1-3-5-7-9-11-13-19(24)21-14-16-25-17-15-22/h22H,1-17H2,(H2,20,23)(H,21,24). The molecule has 0 aromatic carbocycles. The molecule has 25 heavy (non-hydrogen) atoms. The van der Waals surface area contributed by atoms with E-state index in [1.54, 1.807) is 0 Å². The van der Waals surface area contributed by atoms with Crippen molar-refractivity contribution in [3.63, 3.8) is 0 Å². The molecule has 0 aromatic rings. The van der Waals surface area contributed by atoms with Crippen molar-refractivity contribution >= 4 is 11.8 Å². The van der Waals surface area contributed by atoms with Gasteiger partial charge in [0.1, 0.15) is 0 Å². The molecular weight excluding hydrogens is 320 g/mol. The molecule has 0 aliphatic carbocycles. The molecule has 0 saturated carbocycles. The van der Waals surface area contributed by atoms with Crippen molar-refractivity contribution in [1.29, 1.82) is 0 Å². The van der Waals surface area contributed by atoms with E-state index in [1.807, 2.05) is 0 Å². The molecule has 0 fully saturated rings. The summed E-state index contributed by atoms with van der Waals surface area (Å²) >= 11 is 0. The molecule has 0 spiro atoms. The summed E-state index contributed by atoms with van der Waals surface area (Å²) in [6.07, 6.45) is 13.9. The summed E-state index contributed by atoms with van der Waals surface area (Å²) in [4.78, 5) is 22.1. The Morgan fingerprint density at radius 3 is 1.72 bits per heavy atom. The van der Waals surface area contributed by atoms with Crippen LogP contribution in [-0.2, 0) is 14.3 Å². The van der Waals surface area contributed by atoms with Crippen molar-refractivity contribution in [2.24, 2.45) is 5.73 Å². The van der Waals surface area contributed by atoms with E-state index in [-0.39, 0.29) is 18.4 Å². The number of hydrogen-bond donors (Lipinski definition) is 3. The van der Waals surface area contributed by atoms with Gasteiger partial charge in [0.25, 0.3) is 0 Å².